The number of hydrogen-bond donors (Lipinski definition) is 1. The number of benzene rings is 1. The van der Waals surface area contributed by atoms with Gasteiger partial charge in [0.1, 0.15) is 0 Å². The molecule has 2 nitrogen and oxygen atoms in total. The highest BCUT2D eigenvalue weighted by Crippen LogP contribution is 2.29. The van der Waals surface area contributed by atoms with Crippen LogP contribution in [0, 0.1) is 12.8 Å². The van der Waals surface area contributed by atoms with Gasteiger partial charge in [-0.3, -0.25) is 0 Å². The lowest BCUT2D eigenvalue weighted by Gasteiger charge is -2.32. The average molecular weight is 260 g/mol. The molecule has 0 aromatic heterocycles. The standard InChI is InChI=1S/C17H28N2/c1-4-10-18-12-16-11-14(2)8-9-17(16)19(3)13-15-6-5-7-15/h8-9,11,15,18H,4-7,10,12-13H2,1-3H3. The van der Waals surface area contributed by atoms with E-state index in [-0.39, 0.29) is 0 Å². The molecule has 2 rings (SSSR count). The van der Waals surface area contributed by atoms with E-state index in [0.717, 1.165) is 19.0 Å². The van der Waals surface area contributed by atoms with Crippen molar-refractivity contribution in [1.82, 2.24) is 5.32 Å². The Bertz CT molecular complexity index is 396. The van der Waals surface area contributed by atoms with Crippen molar-refractivity contribution >= 4 is 5.69 Å². The van der Waals surface area contributed by atoms with Gasteiger partial charge in [0.2, 0.25) is 0 Å². The highest BCUT2D eigenvalue weighted by atomic mass is 15.1. The topological polar surface area (TPSA) is 15.3 Å². The van der Waals surface area contributed by atoms with Crippen molar-refractivity contribution in [3.63, 3.8) is 0 Å². The summed E-state index contributed by atoms with van der Waals surface area (Å²) < 4.78 is 0. The molecule has 106 valence electrons. The van der Waals surface area contributed by atoms with Gasteiger partial charge in [0.05, 0.1) is 0 Å². The Balaban J connectivity index is 2.03. The predicted octanol–water partition coefficient (Wildman–Crippen LogP) is 3.73. The molecule has 0 aliphatic heterocycles. The SMILES string of the molecule is CCCNCc1cc(C)ccc1N(C)CC1CCC1. The molecule has 0 saturated heterocycles. The Morgan fingerprint density at radius 3 is 2.74 bits per heavy atom. The number of anilines is 1. The van der Waals surface area contributed by atoms with E-state index in [1.807, 2.05) is 0 Å². The molecule has 1 aliphatic rings. The fourth-order valence-electron chi connectivity index (χ4n) is 2.79. The van der Waals surface area contributed by atoms with Gasteiger partial charge in [0.15, 0.2) is 0 Å². The van der Waals surface area contributed by atoms with Gasteiger partial charge < -0.3 is 10.2 Å². The predicted molar refractivity (Wildman–Crippen MR) is 83.8 cm³/mol. The van der Waals surface area contributed by atoms with Crippen LogP contribution >= 0.6 is 0 Å². The fraction of sp³-hybridized carbons (Fsp3) is 0.647. The second-order valence-electron chi connectivity index (χ2n) is 5.99. The van der Waals surface area contributed by atoms with E-state index in [0.29, 0.717) is 0 Å². The molecule has 0 unspecified atom stereocenters. The van der Waals surface area contributed by atoms with Crippen molar-refractivity contribution in [3.8, 4) is 0 Å². The second-order valence-corrected chi connectivity index (χ2v) is 5.99. The minimum absolute atomic E-state index is 0.919. The summed E-state index contributed by atoms with van der Waals surface area (Å²) >= 11 is 0. The van der Waals surface area contributed by atoms with Gasteiger partial charge in [0, 0.05) is 25.8 Å². The molecule has 1 aromatic carbocycles. The van der Waals surface area contributed by atoms with Crippen molar-refractivity contribution in [3.05, 3.63) is 29.3 Å². The maximum absolute atomic E-state index is 3.53. The summed E-state index contributed by atoms with van der Waals surface area (Å²) in [4.78, 5) is 2.45. The molecule has 0 atom stereocenters. The summed E-state index contributed by atoms with van der Waals surface area (Å²) in [5.41, 5.74) is 4.20. The third kappa shape index (κ3) is 3.97. The normalized spacial score (nSPS) is 15.3. The molecule has 1 aromatic rings. The Labute approximate surface area is 118 Å². The van der Waals surface area contributed by atoms with Gasteiger partial charge in [-0.25, -0.2) is 0 Å². The van der Waals surface area contributed by atoms with Crippen molar-refractivity contribution in [2.24, 2.45) is 5.92 Å². The zero-order valence-corrected chi connectivity index (χ0v) is 12.7. The first-order valence-electron chi connectivity index (χ1n) is 7.72. The molecule has 0 radical (unpaired) electrons. The molecule has 1 saturated carbocycles. The number of rotatable bonds is 7. The molecule has 19 heavy (non-hydrogen) atoms. The van der Waals surface area contributed by atoms with Crippen LogP contribution < -0.4 is 10.2 Å². The quantitative estimate of drug-likeness (QED) is 0.751. The van der Waals surface area contributed by atoms with Crippen LogP contribution in [0.3, 0.4) is 0 Å². The smallest absolute Gasteiger partial charge is 0.0409 e. The minimum atomic E-state index is 0.919. The fourth-order valence-corrected chi connectivity index (χ4v) is 2.79. The molecule has 1 N–H and O–H groups in total. The van der Waals surface area contributed by atoms with Gasteiger partial charge in [-0.2, -0.15) is 0 Å². The van der Waals surface area contributed by atoms with E-state index in [4.69, 9.17) is 0 Å². The average Bonchev–Trinajstić information content (AvgIpc) is 2.34. The maximum Gasteiger partial charge on any atom is 0.0409 e. The molecule has 1 aliphatic carbocycles. The zero-order chi connectivity index (χ0) is 13.7. The first-order valence-corrected chi connectivity index (χ1v) is 7.72. The zero-order valence-electron chi connectivity index (χ0n) is 12.7. The summed E-state index contributed by atoms with van der Waals surface area (Å²) in [6, 6.07) is 6.85. The van der Waals surface area contributed by atoms with Crippen LogP contribution in [-0.4, -0.2) is 20.1 Å². The van der Waals surface area contributed by atoms with Crippen LogP contribution in [0.15, 0.2) is 18.2 Å². The Morgan fingerprint density at radius 1 is 1.32 bits per heavy atom. The van der Waals surface area contributed by atoms with Crippen molar-refractivity contribution in [2.45, 2.75) is 46.1 Å². The summed E-state index contributed by atoms with van der Waals surface area (Å²) in [5.74, 6) is 0.919. The monoisotopic (exact) mass is 260 g/mol. The van der Waals surface area contributed by atoms with E-state index in [2.05, 4.69) is 49.3 Å². The van der Waals surface area contributed by atoms with Gasteiger partial charge in [-0.15, -0.1) is 0 Å². The first kappa shape index (κ1) is 14.4. The minimum Gasteiger partial charge on any atom is -0.374 e. The molecule has 2 heteroatoms. The van der Waals surface area contributed by atoms with Crippen molar-refractivity contribution in [1.29, 1.82) is 0 Å². The molecule has 0 spiro atoms. The van der Waals surface area contributed by atoms with Crippen LogP contribution in [0.2, 0.25) is 0 Å². The van der Waals surface area contributed by atoms with E-state index in [9.17, 15) is 0 Å². The number of nitrogens with one attached hydrogen (secondary N) is 1. The van der Waals surface area contributed by atoms with E-state index < -0.39 is 0 Å². The molecule has 0 amide bonds. The van der Waals surface area contributed by atoms with Gasteiger partial charge in [0.25, 0.3) is 0 Å². The molecule has 0 heterocycles. The van der Waals surface area contributed by atoms with Crippen LogP contribution in [0.1, 0.15) is 43.7 Å². The van der Waals surface area contributed by atoms with Gasteiger partial charge in [-0.1, -0.05) is 31.0 Å². The number of aryl methyl sites for hydroxylation is 1. The van der Waals surface area contributed by atoms with E-state index >= 15 is 0 Å². The summed E-state index contributed by atoms with van der Waals surface area (Å²) in [6.07, 6.45) is 5.45. The summed E-state index contributed by atoms with van der Waals surface area (Å²) in [6.45, 7) is 7.69. The van der Waals surface area contributed by atoms with E-state index in [1.165, 1.54) is 49.0 Å². The first-order chi connectivity index (χ1) is 9.20. The largest absolute Gasteiger partial charge is 0.374 e. The van der Waals surface area contributed by atoms with Crippen molar-refractivity contribution in [2.75, 3.05) is 25.0 Å². The molecular weight excluding hydrogens is 232 g/mol. The lowest BCUT2D eigenvalue weighted by Crippen LogP contribution is -2.30. The lowest BCUT2D eigenvalue weighted by atomic mass is 9.85. The third-order valence-corrected chi connectivity index (χ3v) is 4.15. The summed E-state index contributed by atoms with van der Waals surface area (Å²) in [7, 11) is 2.24. The number of hydrogen-bond acceptors (Lipinski definition) is 2. The number of nitrogens with zero attached hydrogens (tertiary/aromatic N) is 1. The second kappa shape index (κ2) is 6.95. The van der Waals surface area contributed by atoms with E-state index in [1.54, 1.807) is 0 Å². The van der Waals surface area contributed by atoms with Crippen LogP contribution in [0.25, 0.3) is 0 Å². The Morgan fingerprint density at radius 2 is 2.11 bits per heavy atom. The maximum atomic E-state index is 3.53. The third-order valence-electron chi connectivity index (χ3n) is 4.15. The molecule has 0 bridgehead atoms. The van der Waals surface area contributed by atoms with Crippen molar-refractivity contribution < 1.29 is 0 Å². The lowest BCUT2D eigenvalue weighted by molar-refractivity contribution is 0.321. The van der Waals surface area contributed by atoms with Gasteiger partial charge >= 0.3 is 0 Å². The van der Waals surface area contributed by atoms with Crippen LogP contribution in [0.4, 0.5) is 5.69 Å². The molecule has 1 fully saturated rings. The Kier molecular flexibility index (Phi) is 5.26. The Hall–Kier alpha value is -1.02. The van der Waals surface area contributed by atoms with Crippen LogP contribution in [0.5, 0.6) is 0 Å². The van der Waals surface area contributed by atoms with Crippen LogP contribution in [-0.2, 0) is 6.54 Å². The molecular formula is C17H28N2. The highest BCUT2D eigenvalue weighted by Gasteiger charge is 2.20. The summed E-state index contributed by atoms with van der Waals surface area (Å²) in [5, 5.41) is 3.53. The highest BCUT2D eigenvalue weighted by molar-refractivity contribution is 5.54. The van der Waals surface area contributed by atoms with Gasteiger partial charge in [-0.05, 0) is 50.3 Å².